The van der Waals surface area contributed by atoms with Gasteiger partial charge in [0.15, 0.2) is 9.84 Å². The van der Waals surface area contributed by atoms with Crippen molar-refractivity contribution in [2.45, 2.75) is 42.2 Å². The molecule has 0 aliphatic heterocycles. The first-order valence-corrected chi connectivity index (χ1v) is 11.1. The molecule has 1 aliphatic rings. The summed E-state index contributed by atoms with van der Waals surface area (Å²) in [6, 6.07) is 8.37. The van der Waals surface area contributed by atoms with Gasteiger partial charge in [-0.3, -0.25) is 4.79 Å². The number of sulfone groups is 1. The highest BCUT2D eigenvalue weighted by Crippen LogP contribution is 2.50. The van der Waals surface area contributed by atoms with Crippen LogP contribution in [0.4, 0.5) is 8.78 Å². The van der Waals surface area contributed by atoms with Gasteiger partial charge >= 0.3 is 5.97 Å². The van der Waals surface area contributed by atoms with E-state index in [2.05, 4.69) is 0 Å². The molecule has 3 rings (SSSR count). The predicted octanol–water partition coefficient (Wildman–Crippen LogP) is 5.20. The number of hydrogen-bond acceptors (Lipinski definition) is 3. The molecule has 1 fully saturated rings. The number of halogens is 3. The zero-order chi connectivity index (χ0) is 21.4. The Balaban J connectivity index is 2.12. The van der Waals surface area contributed by atoms with E-state index in [4.69, 9.17) is 11.6 Å². The summed E-state index contributed by atoms with van der Waals surface area (Å²) in [5, 5.41) is 9.64. The van der Waals surface area contributed by atoms with Crippen molar-refractivity contribution in [1.82, 2.24) is 0 Å². The Morgan fingerprint density at radius 1 is 1.14 bits per heavy atom. The summed E-state index contributed by atoms with van der Waals surface area (Å²) in [5.74, 6) is -3.37. The second-order valence-corrected chi connectivity index (χ2v) is 10.2. The largest absolute Gasteiger partial charge is 0.481 e. The number of aliphatic carboxylic acids is 1. The van der Waals surface area contributed by atoms with E-state index in [0.717, 1.165) is 18.2 Å². The standard InChI is InChI=1S/C21H21ClF2O4S/c1-13(20(25)26)14-8-10-21(11-9-14,18-12-16(23)4-7-19(18)24)29(27,28)17-5-2-15(22)3-6-17/h2-7,12-14H,8-11H2,1H3,(H,25,26). The fourth-order valence-electron chi connectivity index (χ4n) is 4.18. The number of carboxylic acids is 1. The molecule has 2 aromatic carbocycles. The lowest BCUT2D eigenvalue weighted by Gasteiger charge is -2.41. The molecule has 156 valence electrons. The Morgan fingerprint density at radius 2 is 1.72 bits per heavy atom. The van der Waals surface area contributed by atoms with E-state index < -0.39 is 38.1 Å². The fraction of sp³-hybridized carbons (Fsp3) is 0.381. The van der Waals surface area contributed by atoms with E-state index in [0.29, 0.717) is 5.02 Å². The molecule has 1 saturated carbocycles. The van der Waals surface area contributed by atoms with Crippen LogP contribution in [-0.2, 0) is 19.4 Å². The van der Waals surface area contributed by atoms with Crippen molar-refractivity contribution < 1.29 is 27.1 Å². The average Bonchev–Trinajstić information content (AvgIpc) is 2.69. The highest BCUT2D eigenvalue weighted by molar-refractivity contribution is 7.92. The van der Waals surface area contributed by atoms with Gasteiger partial charge in [-0.15, -0.1) is 0 Å². The summed E-state index contributed by atoms with van der Waals surface area (Å²) in [7, 11) is -4.11. The van der Waals surface area contributed by atoms with E-state index in [9.17, 15) is 27.1 Å². The first-order valence-electron chi connectivity index (χ1n) is 9.27. The van der Waals surface area contributed by atoms with Gasteiger partial charge in [-0.25, -0.2) is 17.2 Å². The maximum absolute atomic E-state index is 14.7. The van der Waals surface area contributed by atoms with Crippen LogP contribution in [0.25, 0.3) is 0 Å². The Hall–Kier alpha value is -1.99. The molecule has 0 heterocycles. The van der Waals surface area contributed by atoms with Crippen LogP contribution in [0.3, 0.4) is 0 Å². The van der Waals surface area contributed by atoms with Gasteiger partial charge < -0.3 is 5.11 Å². The molecular weight excluding hydrogens is 422 g/mol. The Morgan fingerprint density at radius 3 is 2.28 bits per heavy atom. The number of benzene rings is 2. The Labute approximate surface area is 173 Å². The molecule has 8 heteroatoms. The molecule has 1 aliphatic carbocycles. The number of rotatable bonds is 5. The molecule has 29 heavy (non-hydrogen) atoms. The number of carbonyl (C=O) groups is 1. The third-order valence-electron chi connectivity index (χ3n) is 5.99. The van der Waals surface area contributed by atoms with Crippen molar-refractivity contribution in [3.63, 3.8) is 0 Å². The second-order valence-electron chi connectivity index (χ2n) is 7.54. The summed E-state index contributed by atoms with van der Waals surface area (Å²) >= 11 is 5.87. The van der Waals surface area contributed by atoms with Crippen LogP contribution >= 0.6 is 11.6 Å². The van der Waals surface area contributed by atoms with Crippen LogP contribution in [0, 0.1) is 23.5 Å². The molecule has 1 unspecified atom stereocenters. The van der Waals surface area contributed by atoms with E-state index in [1.165, 1.54) is 24.3 Å². The van der Waals surface area contributed by atoms with Gasteiger partial charge in [0.25, 0.3) is 0 Å². The van der Waals surface area contributed by atoms with Crippen LogP contribution < -0.4 is 0 Å². The molecule has 4 nitrogen and oxygen atoms in total. The Bertz CT molecular complexity index is 1010. The highest BCUT2D eigenvalue weighted by Gasteiger charge is 2.50. The lowest BCUT2D eigenvalue weighted by Crippen LogP contribution is -2.42. The summed E-state index contributed by atoms with van der Waals surface area (Å²) < 4.78 is 54.3. The van der Waals surface area contributed by atoms with Gasteiger partial charge in [-0.05, 0) is 74.1 Å². The minimum atomic E-state index is -4.11. The van der Waals surface area contributed by atoms with E-state index in [1.54, 1.807) is 6.92 Å². The predicted molar refractivity (Wildman–Crippen MR) is 105 cm³/mol. The summed E-state index contributed by atoms with van der Waals surface area (Å²) in [4.78, 5) is 11.3. The van der Waals surface area contributed by atoms with Crippen molar-refractivity contribution in [3.8, 4) is 0 Å². The normalized spacial score (nSPS) is 23.5. The molecule has 0 saturated heterocycles. The van der Waals surface area contributed by atoms with Gasteiger partial charge in [0.05, 0.1) is 10.8 Å². The molecular formula is C21H21ClF2O4S. The van der Waals surface area contributed by atoms with Crippen molar-refractivity contribution >= 4 is 27.4 Å². The van der Waals surface area contributed by atoms with E-state index in [1.807, 2.05) is 0 Å². The lowest BCUT2D eigenvalue weighted by molar-refractivity contribution is -0.143. The summed E-state index contributed by atoms with van der Waals surface area (Å²) in [5.41, 5.74) is -0.214. The quantitative estimate of drug-likeness (QED) is 0.691. The zero-order valence-corrected chi connectivity index (χ0v) is 17.3. The fourth-order valence-corrected chi connectivity index (χ4v) is 6.47. The van der Waals surface area contributed by atoms with Crippen molar-refractivity contribution in [2.75, 3.05) is 0 Å². The SMILES string of the molecule is CC(C(=O)O)C1CCC(c2cc(F)ccc2F)(S(=O)(=O)c2ccc(Cl)cc2)CC1. The van der Waals surface area contributed by atoms with Crippen LogP contribution in [-0.4, -0.2) is 19.5 Å². The van der Waals surface area contributed by atoms with Crippen molar-refractivity contribution in [1.29, 1.82) is 0 Å². The van der Waals surface area contributed by atoms with Crippen molar-refractivity contribution in [2.24, 2.45) is 11.8 Å². The second kappa shape index (κ2) is 8.03. The smallest absolute Gasteiger partial charge is 0.306 e. The van der Waals surface area contributed by atoms with Gasteiger partial charge in [-0.1, -0.05) is 18.5 Å². The molecule has 0 bridgehead atoms. The van der Waals surface area contributed by atoms with Gasteiger partial charge in [0.2, 0.25) is 0 Å². The molecule has 0 aromatic heterocycles. The molecule has 1 atom stereocenters. The molecule has 0 amide bonds. The summed E-state index contributed by atoms with van der Waals surface area (Å²) in [6.07, 6.45) is 0.549. The minimum Gasteiger partial charge on any atom is -0.481 e. The van der Waals surface area contributed by atoms with Gasteiger partial charge in [-0.2, -0.15) is 0 Å². The Kier molecular flexibility index (Phi) is 6.01. The van der Waals surface area contributed by atoms with Gasteiger partial charge in [0.1, 0.15) is 16.4 Å². The zero-order valence-electron chi connectivity index (χ0n) is 15.7. The average molecular weight is 443 g/mol. The van der Waals surface area contributed by atoms with Gasteiger partial charge in [0, 0.05) is 10.6 Å². The first kappa shape index (κ1) is 21.7. The van der Waals surface area contributed by atoms with E-state index in [-0.39, 0.29) is 42.1 Å². The third kappa shape index (κ3) is 3.90. The van der Waals surface area contributed by atoms with Crippen LogP contribution in [0.2, 0.25) is 5.02 Å². The van der Waals surface area contributed by atoms with Crippen LogP contribution in [0.1, 0.15) is 38.2 Å². The molecule has 0 radical (unpaired) electrons. The first-order chi connectivity index (χ1) is 13.6. The maximum atomic E-state index is 14.7. The lowest BCUT2D eigenvalue weighted by atomic mass is 9.73. The summed E-state index contributed by atoms with van der Waals surface area (Å²) in [6.45, 7) is 1.58. The molecule has 2 aromatic rings. The number of hydrogen-bond donors (Lipinski definition) is 1. The third-order valence-corrected chi connectivity index (χ3v) is 8.79. The maximum Gasteiger partial charge on any atom is 0.306 e. The highest BCUT2D eigenvalue weighted by atomic mass is 35.5. The molecule has 0 spiro atoms. The monoisotopic (exact) mass is 442 g/mol. The molecule has 1 N–H and O–H groups in total. The topological polar surface area (TPSA) is 71.4 Å². The minimum absolute atomic E-state index is 0.000615. The van der Waals surface area contributed by atoms with Crippen LogP contribution in [0.15, 0.2) is 47.4 Å². The van der Waals surface area contributed by atoms with Crippen molar-refractivity contribution in [3.05, 3.63) is 64.7 Å². The van der Waals surface area contributed by atoms with E-state index >= 15 is 0 Å². The number of carboxylic acid groups (broad SMARTS) is 1. The van der Waals surface area contributed by atoms with Crippen LogP contribution in [0.5, 0.6) is 0 Å².